The summed E-state index contributed by atoms with van der Waals surface area (Å²) in [6, 6.07) is 4.17. The van der Waals surface area contributed by atoms with E-state index in [1.807, 2.05) is 0 Å². The standard InChI is InChI=1S/C19H26N2O6/c1-12(17(22)21-19(24)20-13-7-5-4-6-8-13)27-18(23)15-11-14(25-2)9-10-16(15)26-3/h9-13H,4-8H2,1-3H3,(H2,20,21,22,24)/t12-/m0/s1. The second-order valence-corrected chi connectivity index (χ2v) is 6.41. The van der Waals surface area contributed by atoms with E-state index in [4.69, 9.17) is 14.2 Å². The molecule has 1 aliphatic rings. The third kappa shape index (κ3) is 5.87. The Balaban J connectivity index is 1.91. The number of carbonyl (C=O) groups is 3. The second kappa shape index (κ2) is 9.80. The Morgan fingerprint density at radius 3 is 2.41 bits per heavy atom. The number of rotatable bonds is 6. The highest BCUT2D eigenvalue weighted by molar-refractivity contribution is 5.99. The van der Waals surface area contributed by atoms with Gasteiger partial charge in [0.05, 0.1) is 14.2 Å². The normalized spacial score (nSPS) is 15.4. The summed E-state index contributed by atoms with van der Waals surface area (Å²) in [5.41, 5.74) is 0.128. The zero-order chi connectivity index (χ0) is 19.8. The number of benzene rings is 1. The molecule has 0 radical (unpaired) electrons. The summed E-state index contributed by atoms with van der Waals surface area (Å²) >= 11 is 0. The predicted molar refractivity (Wildman–Crippen MR) is 98.0 cm³/mol. The van der Waals surface area contributed by atoms with Gasteiger partial charge in [0.25, 0.3) is 5.91 Å². The molecular formula is C19H26N2O6. The van der Waals surface area contributed by atoms with Crippen LogP contribution in [0.2, 0.25) is 0 Å². The van der Waals surface area contributed by atoms with Crippen molar-refractivity contribution in [3.05, 3.63) is 23.8 Å². The van der Waals surface area contributed by atoms with Gasteiger partial charge in [0.1, 0.15) is 17.1 Å². The van der Waals surface area contributed by atoms with Gasteiger partial charge in [-0.2, -0.15) is 0 Å². The Morgan fingerprint density at radius 1 is 1.07 bits per heavy atom. The summed E-state index contributed by atoms with van der Waals surface area (Å²) in [6.45, 7) is 1.40. The van der Waals surface area contributed by atoms with Crippen LogP contribution < -0.4 is 20.1 Å². The molecule has 1 aromatic carbocycles. The van der Waals surface area contributed by atoms with Gasteiger partial charge in [-0.05, 0) is 38.0 Å². The average Bonchev–Trinajstić information content (AvgIpc) is 2.67. The van der Waals surface area contributed by atoms with E-state index in [9.17, 15) is 14.4 Å². The molecule has 0 bridgehead atoms. The lowest BCUT2D eigenvalue weighted by Gasteiger charge is -2.23. The van der Waals surface area contributed by atoms with Crippen molar-refractivity contribution in [1.82, 2.24) is 10.6 Å². The van der Waals surface area contributed by atoms with Crippen LogP contribution >= 0.6 is 0 Å². The summed E-state index contributed by atoms with van der Waals surface area (Å²) in [4.78, 5) is 36.5. The van der Waals surface area contributed by atoms with Crippen molar-refractivity contribution in [2.45, 2.75) is 51.2 Å². The Bertz CT molecular complexity index is 685. The van der Waals surface area contributed by atoms with Gasteiger partial charge in [0.15, 0.2) is 6.10 Å². The van der Waals surface area contributed by atoms with Crippen LogP contribution in [-0.2, 0) is 9.53 Å². The molecule has 8 heteroatoms. The minimum Gasteiger partial charge on any atom is -0.497 e. The zero-order valence-electron chi connectivity index (χ0n) is 15.9. The first kappa shape index (κ1) is 20.5. The summed E-state index contributed by atoms with van der Waals surface area (Å²) in [5.74, 6) is -0.699. The van der Waals surface area contributed by atoms with Gasteiger partial charge in [-0.1, -0.05) is 19.3 Å². The molecule has 1 atom stereocenters. The number of urea groups is 1. The fourth-order valence-corrected chi connectivity index (χ4v) is 2.93. The minimum atomic E-state index is -1.15. The van der Waals surface area contributed by atoms with Gasteiger partial charge in [-0.15, -0.1) is 0 Å². The number of nitrogens with one attached hydrogen (secondary N) is 2. The average molecular weight is 378 g/mol. The first-order valence-corrected chi connectivity index (χ1v) is 8.99. The van der Waals surface area contributed by atoms with Crippen LogP contribution in [0.25, 0.3) is 0 Å². The number of imide groups is 1. The molecule has 2 rings (SSSR count). The molecule has 0 aromatic heterocycles. The molecule has 1 fully saturated rings. The van der Waals surface area contributed by atoms with E-state index in [-0.39, 0.29) is 11.6 Å². The molecule has 0 saturated heterocycles. The fraction of sp³-hybridized carbons (Fsp3) is 0.526. The molecule has 3 amide bonds. The van der Waals surface area contributed by atoms with Gasteiger partial charge in [0, 0.05) is 6.04 Å². The Hall–Kier alpha value is -2.77. The molecule has 2 N–H and O–H groups in total. The smallest absolute Gasteiger partial charge is 0.342 e. The molecule has 8 nitrogen and oxygen atoms in total. The van der Waals surface area contributed by atoms with E-state index >= 15 is 0 Å². The van der Waals surface area contributed by atoms with E-state index in [2.05, 4.69) is 10.6 Å². The van der Waals surface area contributed by atoms with E-state index in [1.165, 1.54) is 33.6 Å². The number of hydrogen-bond acceptors (Lipinski definition) is 6. The zero-order valence-corrected chi connectivity index (χ0v) is 15.9. The van der Waals surface area contributed by atoms with Gasteiger partial charge in [-0.25, -0.2) is 9.59 Å². The van der Waals surface area contributed by atoms with E-state index < -0.39 is 24.0 Å². The molecule has 0 heterocycles. The SMILES string of the molecule is COc1ccc(OC)c(C(=O)O[C@@H](C)C(=O)NC(=O)NC2CCCCC2)c1. The van der Waals surface area contributed by atoms with Crippen molar-refractivity contribution < 1.29 is 28.6 Å². The lowest BCUT2D eigenvalue weighted by Crippen LogP contribution is -2.48. The van der Waals surface area contributed by atoms with Gasteiger partial charge in [-0.3, -0.25) is 10.1 Å². The van der Waals surface area contributed by atoms with Gasteiger partial charge >= 0.3 is 12.0 Å². The number of carbonyl (C=O) groups excluding carboxylic acids is 3. The maximum absolute atomic E-state index is 12.4. The van der Waals surface area contributed by atoms with Crippen molar-refractivity contribution in [3.63, 3.8) is 0 Å². The van der Waals surface area contributed by atoms with Crippen LogP contribution in [0, 0.1) is 0 Å². The van der Waals surface area contributed by atoms with Gasteiger partial charge < -0.3 is 19.5 Å². The maximum atomic E-state index is 12.4. The van der Waals surface area contributed by atoms with Crippen molar-refractivity contribution in [1.29, 1.82) is 0 Å². The van der Waals surface area contributed by atoms with Crippen molar-refractivity contribution in [2.24, 2.45) is 0 Å². The lowest BCUT2D eigenvalue weighted by atomic mass is 9.96. The van der Waals surface area contributed by atoms with Crippen molar-refractivity contribution in [3.8, 4) is 11.5 Å². The number of esters is 1. The lowest BCUT2D eigenvalue weighted by molar-refractivity contribution is -0.127. The molecule has 0 spiro atoms. The van der Waals surface area contributed by atoms with Crippen LogP contribution in [0.5, 0.6) is 11.5 Å². The van der Waals surface area contributed by atoms with E-state index in [1.54, 1.807) is 12.1 Å². The van der Waals surface area contributed by atoms with Gasteiger partial charge in [0.2, 0.25) is 0 Å². The topological polar surface area (TPSA) is 103 Å². The second-order valence-electron chi connectivity index (χ2n) is 6.41. The monoisotopic (exact) mass is 378 g/mol. The molecule has 0 unspecified atom stereocenters. The minimum absolute atomic E-state index is 0.0745. The van der Waals surface area contributed by atoms with Crippen molar-refractivity contribution >= 4 is 17.9 Å². The third-order valence-corrected chi connectivity index (χ3v) is 4.46. The van der Waals surface area contributed by atoms with Crippen molar-refractivity contribution in [2.75, 3.05) is 14.2 Å². The number of ether oxygens (including phenoxy) is 3. The Morgan fingerprint density at radius 2 is 1.78 bits per heavy atom. The highest BCUT2D eigenvalue weighted by Gasteiger charge is 2.24. The van der Waals surface area contributed by atoms with Crippen LogP contribution in [-0.4, -0.2) is 44.3 Å². The van der Waals surface area contributed by atoms with Crippen LogP contribution in [0.1, 0.15) is 49.4 Å². The summed E-state index contributed by atoms with van der Waals surface area (Å²) in [5, 5.41) is 4.99. The summed E-state index contributed by atoms with van der Waals surface area (Å²) in [6.07, 6.45) is 3.96. The number of methoxy groups -OCH3 is 2. The largest absolute Gasteiger partial charge is 0.497 e. The highest BCUT2D eigenvalue weighted by Crippen LogP contribution is 2.25. The predicted octanol–water partition coefficient (Wildman–Crippen LogP) is 2.41. The maximum Gasteiger partial charge on any atom is 0.342 e. The molecule has 1 aromatic rings. The van der Waals surface area contributed by atoms with Crippen LogP contribution in [0.4, 0.5) is 4.79 Å². The molecule has 0 aliphatic heterocycles. The molecular weight excluding hydrogens is 352 g/mol. The molecule has 1 saturated carbocycles. The first-order chi connectivity index (χ1) is 12.9. The summed E-state index contributed by atoms with van der Waals surface area (Å²) in [7, 11) is 2.89. The number of amides is 3. The Labute approximate surface area is 158 Å². The molecule has 1 aliphatic carbocycles. The summed E-state index contributed by atoms with van der Waals surface area (Å²) < 4.78 is 15.4. The number of hydrogen-bond donors (Lipinski definition) is 2. The highest BCUT2D eigenvalue weighted by atomic mass is 16.5. The Kier molecular flexibility index (Phi) is 7.45. The first-order valence-electron chi connectivity index (χ1n) is 8.99. The van der Waals surface area contributed by atoms with E-state index in [0.717, 1.165) is 25.7 Å². The molecule has 148 valence electrons. The quantitative estimate of drug-likeness (QED) is 0.737. The fourth-order valence-electron chi connectivity index (χ4n) is 2.93. The molecule has 27 heavy (non-hydrogen) atoms. The van der Waals surface area contributed by atoms with Crippen LogP contribution in [0.15, 0.2) is 18.2 Å². The third-order valence-electron chi connectivity index (χ3n) is 4.46. The van der Waals surface area contributed by atoms with E-state index in [0.29, 0.717) is 11.5 Å². The van der Waals surface area contributed by atoms with Crippen LogP contribution in [0.3, 0.4) is 0 Å².